The van der Waals surface area contributed by atoms with Crippen molar-refractivity contribution in [2.24, 2.45) is 0 Å². The average Bonchev–Trinajstić information content (AvgIpc) is 2.41. The van der Waals surface area contributed by atoms with Crippen LogP contribution in [-0.4, -0.2) is 6.54 Å². The van der Waals surface area contributed by atoms with Gasteiger partial charge in [-0.05, 0) is 43.1 Å². The molecular weight excluding hydrogens is 256 g/mol. The van der Waals surface area contributed by atoms with Crippen LogP contribution in [0.5, 0.6) is 0 Å². The summed E-state index contributed by atoms with van der Waals surface area (Å²) in [5.41, 5.74) is 3.81. The molecule has 0 radical (unpaired) electrons. The van der Waals surface area contributed by atoms with E-state index in [9.17, 15) is 8.78 Å². The fourth-order valence-electron chi connectivity index (χ4n) is 2.22. The van der Waals surface area contributed by atoms with Gasteiger partial charge in [0.1, 0.15) is 11.6 Å². The molecule has 0 fully saturated rings. The average molecular weight is 275 g/mol. The van der Waals surface area contributed by atoms with Crippen molar-refractivity contribution in [2.75, 3.05) is 6.54 Å². The second-order valence-corrected chi connectivity index (χ2v) is 5.02. The molecule has 2 aromatic rings. The van der Waals surface area contributed by atoms with E-state index in [1.165, 1.54) is 0 Å². The second kappa shape index (κ2) is 6.14. The molecule has 0 aromatic heterocycles. The summed E-state index contributed by atoms with van der Waals surface area (Å²) in [4.78, 5) is 0. The molecule has 0 saturated carbocycles. The minimum atomic E-state index is -0.517. The van der Waals surface area contributed by atoms with Crippen LogP contribution in [0, 0.1) is 25.5 Å². The van der Waals surface area contributed by atoms with Crippen LogP contribution in [0.2, 0.25) is 0 Å². The molecule has 0 saturated heterocycles. The Balaban J connectivity index is 2.55. The van der Waals surface area contributed by atoms with Crippen LogP contribution in [0.1, 0.15) is 23.6 Å². The van der Waals surface area contributed by atoms with Crippen molar-refractivity contribution in [3.05, 3.63) is 58.7 Å². The minimum absolute atomic E-state index is 0.456. The maximum absolute atomic E-state index is 14.1. The van der Waals surface area contributed by atoms with Crippen molar-refractivity contribution in [2.45, 2.75) is 27.3 Å². The van der Waals surface area contributed by atoms with Crippen LogP contribution in [-0.2, 0) is 6.54 Å². The molecule has 2 rings (SSSR count). The Morgan fingerprint density at radius 1 is 0.950 bits per heavy atom. The maximum Gasteiger partial charge on any atom is 0.133 e. The standard InChI is InChI=1S/C17H19F2N/c1-4-20-10-13-6-5-11(2)7-14(13)15-8-12(3)16(18)9-17(15)19/h5-9,20H,4,10H2,1-3H3. The largest absolute Gasteiger partial charge is 0.313 e. The molecule has 2 aromatic carbocycles. The van der Waals surface area contributed by atoms with Crippen LogP contribution < -0.4 is 5.32 Å². The molecule has 3 heteroatoms. The number of rotatable bonds is 4. The van der Waals surface area contributed by atoms with Gasteiger partial charge in [0, 0.05) is 18.2 Å². The van der Waals surface area contributed by atoms with E-state index >= 15 is 0 Å². The molecule has 0 amide bonds. The molecule has 1 nitrogen and oxygen atoms in total. The zero-order valence-corrected chi connectivity index (χ0v) is 12.1. The van der Waals surface area contributed by atoms with E-state index in [4.69, 9.17) is 0 Å². The molecule has 1 N–H and O–H groups in total. The summed E-state index contributed by atoms with van der Waals surface area (Å²) in [6.45, 7) is 7.16. The normalized spacial score (nSPS) is 10.8. The number of aryl methyl sites for hydroxylation is 2. The molecule has 0 bridgehead atoms. The van der Waals surface area contributed by atoms with Crippen LogP contribution in [0.15, 0.2) is 30.3 Å². The van der Waals surface area contributed by atoms with Gasteiger partial charge in [0.15, 0.2) is 0 Å². The lowest BCUT2D eigenvalue weighted by molar-refractivity contribution is 0.579. The van der Waals surface area contributed by atoms with Crippen LogP contribution in [0.25, 0.3) is 11.1 Å². The van der Waals surface area contributed by atoms with Gasteiger partial charge in [0.25, 0.3) is 0 Å². The first-order valence-corrected chi connectivity index (χ1v) is 6.79. The monoisotopic (exact) mass is 275 g/mol. The zero-order chi connectivity index (χ0) is 14.7. The van der Waals surface area contributed by atoms with E-state index in [1.807, 2.05) is 32.0 Å². The van der Waals surface area contributed by atoms with E-state index in [0.29, 0.717) is 17.7 Å². The number of halogens is 2. The third-order valence-corrected chi connectivity index (χ3v) is 3.37. The topological polar surface area (TPSA) is 12.0 Å². The predicted octanol–water partition coefficient (Wildman–Crippen LogP) is 4.36. The lowest BCUT2D eigenvalue weighted by Gasteiger charge is -2.13. The summed E-state index contributed by atoms with van der Waals surface area (Å²) in [6.07, 6.45) is 0. The van der Waals surface area contributed by atoms with Crippen molar-refractivity contribution >= 4 is 0 Å². The van der Waals surface area contributed by atoms with Gasteiger partial charge in [0.05, 0.1) is 0 Å². The quantitative estimate of drug-likeness (QED) is 0.874. The highest BCUT2D eigenvalue weighted by atomic mass is 19.1. The Labute approximate surface area is 118 Å². The highest BCUT2D eigenvalue weighted by Crippen LogP contribution is 2.29. The molecule has 0 heterocycles. The van der Waals surface area contributed by atoms with E-state index in [-0.39, 0.29) is 0 Å². The number of nitrogens with one attached hydrogen (secondary N) is 1. The summed E-state index contributed by atoms with van der Waals surface area (Å²) in [5.74, 6) is -1.02. The third-order valence-electron chi connectivity index (χ3n) is 3.37. The molecule has 20 heavy (non-hydrogen) atoms. The van der Waals surface area contributed by atoms with Gasteiger partial charge < -0.3 is 5.32 Å². The predicted molar refractivity (Wildman–Crippen MR) is 78.6 cm³/mol. The Bertz CT molecular complexity index is 621. The van der Waals surface area contributed by atoms with Crippen molar-refractivity contribution in [3.63, 3.8) is 0 Å². The van der Waals surface area contributed by atoms with Gasteiger partial charge in [0.2, 0.25) is 0 Å². The van der Waals surface area contributed by atoms with Crippen molar-refractivity contribution in [3.8, 4) is 11.1 Å². The van der Waals surface area contributed by atoms with Crippen molar-refractivity contribution in [1.29, 1.82) is 0 Å². The van der Waals surface area contributed by atoms with Crippen LogP contribution >= 0.6 is 0 Å². The molecule has 0 aliphatic heterocycles. The Kier molecular flexibility index (Phi) is 4.50. The van der Waals surface area contributed by atoms with E-state index in [2.05, 4.69) is 5.32 Å². The fourth-order valence-corrected chi connectivity index (χ4v) is 2.22. The van der Waals surface area contributed by atoms with E-state index in [1.54, 1.807) is 13.0 Å². The highest BCUT2D eigenvalue weighted by Gasteiger charge is 2.13. The molecule has 0 spiro atoms. The van der Waals surface area contributed by atoms with Crippen molar-refractivity contribution in [1.82, 2.24) is 5.32 Å². The van der Waals surface area contributed by atoms with Gasteiger partial charge >= 0.3 is 0 Å². The highest BCUT2D eigenvalue weighted by molar-refractivity contribution is 5.69. The fraction of sp³-hybridized carbons (Fsp3) is 0.294. The minimum Gasteiger partial charge on any atom is -0.313 e. The lowest BCUT2D eigenvalue weighted by Crippen LogP contribution is -2.12. The van der Waals surface area contributed by atoms with Gasteiger partial charge in [-0.1, -0.05) is 30.7 Å². The molecule has 0 atom stereocenters. The molecule has 0 aliphatic rings. The molecule has 0 aliphatic carbocycles. The van der Waals surface area contributed by atoms with E-state index < -0.39 is 11.6 Å². The Morgan fingerprint density at radius 2 is 1.70 bits per heavy atom. The Morgan fingerprint density at radius 3 is 2.40 bits per heavy atom. The van der Waals surface area contributed by atoms with Gasteiger partial charge in [-0.25, -0.2) is 8.78 Å². The first-order chi connectivity index (χ1) is 9.52. The molecule has 106 valence electrons. The Hall–Kier alpha value is -1.74. The first kappa shape index (κ1) is 14.7. The van der Waals surface area contributed by atoms with E-state index in [0.717, 1.165) is 29.3 Å². The number of hydrogen-bond donors (Lipinski definition) is 1. The van der Waals surface area contributed by atoms with Gasteiger partial charge in [-0.2, -0.15) is 0 Å². The maximum atomic E-state index is 14.1. The summed E-state index contributed by atoms with van der Waals surface area (Å²) in [6, 6.07) is 8.48. The summed E-state index contributed by atoms with van der Waals surface area (Å²) in [5, 5.41) is 3.24. The van der Waals surface area contributed by atoms with Gasteiger partial charge in [-0.3, -0.25) is 0 Å². The summed E-state index contributed by atoms with van der Waals surface area (Å²) in [7, 11) is 0. The first-order valence-electron chi connectivity index (χ1n) is 6.79. The SMILES string of the molecule is CCNCc1ccc(C)cc1-c1cc(C)c(F)cc1F. The molecular formula is C17H19F2N. The number of benzene rings is 2. The van der Waals surface area contributed by atoms with Crippen molar-refractivity contribution < 1.29 is 8.78 Å². The third kappa shape index (κ3) is 3.05. The number of hydrogen-bond acceptors (Lipinski definition) is 1. The lowest BCUT2D eigenvalue weighted by atomic mass is 9.95. The van der Waals surface area contributed by atoms with Crippen LogP contribution in [0.4, 0.5) is 8.78 Å². The summed E-state index contributed by atoms with van der Waals surface area (Å²) >= 11 is 0. The molecule has 0 unspecified atom stereocenters. The van der Waals surface area contributed by atoms with Crippen LogP contribution in [0.3, 0.4) is 0 Å². The zero-order valence-electron chi connectivity index (χ0n) is 12.1. The van der Waals surface area contributed by atoms with Gasteiger partial charge in [-0.15, -0.1) is 0 Å². The smallest absolute Gasteiger partial charge is 0.133 e. The second-order valence-electron chi connectivity index (χ2n) is 5.02. The summed E-state index contributed by atoms with van der Waals surface area (Å²) < 4.78 is 27.5.